The molecule has 8 rings (SSSR count). The molecule has 0 aromatic rings. The smallest absolute Gasteiger partial charge is 0.299 e. The Hall–Kier alpha value is -1.44. The lowest BCUT2D eigenvalue weighted by atomic mass is 9.48. The van der Waals surface area contributed by atoms with Crippen LogP contribution in [0.4, 0.5) is 0 Å². The molecule has 6 saturated carbocycles. The number of Topliss-reactive ketones (excluding diaryl/α,β-unsaturated/α-hetero) is 2. The third kappa shape index (κ3) is 6.76. The predicted octanol–water partition coefficient (Wildman–Crippen LogP) is 8.12. The van der Waals surface area contributed by atoms with Crippen molar-refractivity contribution in [2.75, 3.05) is 13.2 Å². The molecule has 10 nitrogen and oxygen atoms in total. The lowest BCUT2D eigenvalue weighted by molar-refractivity contribution is -0.132. The van der Waals surface area contributed by atoms with Crippen LogP contribution in [0.5, 0.6) is 0 Å². The summed E-state index contributed by atoms with van der Waals surface area (Å²) in [7, 11) is -8.45. The average Bonchev–Trinajstić information content (AvgIpc) is 3.60. The van der Waals surface area contributed by atoms with Crippen molar-refractivity contribution in [1.82, 2.24) is 0 Å². The number of unbranched alkanes of at least 4 members (excludes halogenated alkanes) is 1. The van der Waals surface area contributed by atoms with Gasteiger partial charge in [0.1, 0.15) is 11.6 Å². The SMILES string of the molecule is C[C@]12CC[C@H](OS(=O)(=O)OCCCCOS(=O)(=O)O[C@H]3CC[C@@]4(C)C(=CCC5C4CC[C@]4(C)C(=O)CCC54)C3)CC1=CCC1C2CC[C@]2(C)C(=O)CCC12. The van der Waals surface area contributed by atoms with Crippen molar-refractivity contribution in [1.29, 1.82) is 0 Å². The van der Waals surface area contributed by atoms with E-state index in [1.165, 1.54) is 11.1 Å². The zero-order chi connectivity index (χ0) is 38.3. The van der Waals surface area contributed by atoms with E-state index in [0.29, 0.717) is 85.6 Å². The van der Waals surface area contributed by atoms with Gasteiger partial charge in [0.15, 0.2) is 0 Å². The van der Waals surface area contributed by atoms with E-state index in [4.69, 9.17) is 16.7 Å². The summed E-state index contributed by atoms with van der Waals surface area (Å²) in [4.78, 5) is 25.5. The van der Waals surface area contributed by atoms with E-state index in [2.05, 4.69) is 39.8 Å². The number of hydrogen-bond acceptors (Lipinski definition) is 10. The van der Waals surface area contributed by atoms with Gasteiger partial charge in [-0.05, 0) is 149 Å². The standard InChI is InChI=1S/C42H62O10S2/c1-39-19-15-29(25-27(39)7-9-31-33-11-13-37(43)41(33,3)21-17-35(31)39)51-53(45,46)49-23-5-6-24-50-54(47,48)52-30-16-20-40(2)28(26-30)8-10-32-34-12-14-38(44)42(34,4)22-18-36(32)40/h7-8,29-36H,5-6,9-26H2,1-4H3/t29-,30-,31?,32?,33?,34?,35?,36?,39-,40-,41-,42-/m0/s1. The van der Waals surface area contributed by atoms with Gasteiger partial charge in [-0.15, -0.1) is 0 Å². The molecule has 6 fully saturated rings. The Balaban J connectivity index is 0.757. The molecule has 12 atom stereocenters. The second-order valence-electron chi connectivity index (χ2n) is 19.4. The fourth-order valence-corrected chi connectivity index (χ4v) is 15.6. The molecule has 8 aliphatic rings. The fraction of sp³-hybridized carbons (Fsp3) is 0.857. The van der Waals surface area contributed by atoms with Crippen molar-refractivity contribution in [2.45, 2.75) is 155 Å². The molecule has 0 N–H and O–H groups in total. The molecular formula is C42H62O10S2. The topological polar surface area (TPSA) is 139 Å². The maximum Gasteiger partial charge on any atom is 0.400 e. The Kier molecular flexibility index (Phi) is 10.3. The summed E-state index contributed by atoms with van der Waals surface area (Å²) in [6.07, 6.45) is 17.7. The highest BCUT2D eigenvalue weighted by atomic mass is 32.3. The number of carbonyl (C=O) groups excluding carboxylic acids is 2. The van der Waals surface area contributed by atoms with Crippen molar-refractivity contribution >= 4 is 32.4 Å². The lowest BCUT2D eigenvalue weighted by Gasteiger charge is -2.56. The molecule has 12 heteroatoms. The van der Waals surface area contributed by atoms with Crippen LogP contribution in [-0.2, 0) is 47.1 Å². The monoisotopic (exact) mass is 790 g/mol. The maximum absolute atomic E-state index is 12.8. The van der Waals surface area contributed by atoms with E-state index < -0.39 is 33.0 Å². The van der Waals surface area contributed by atoms with Crippen molar-refractivity contribution < 1.29 is 43.2 Å². The molecule has 0 heterocycles. The van der Waals surface area contributed by atoms with E-state index >= 15 is 0 Å². The van der Waals surface area contributed by atoms with Crippen LogP contribution in [-0.4, -0.2) is 53.8 Å². The van der Waals surface area contributed by atoms with Gasteiger partial charge in [-0.2, -0.15) is 16.8 Å². The first-order chi connectivity index (χ1) is 25.5. The average molecular weight is 791 g/mol. The Morgan fingerprint density at radius 2 is 0.926 bits per heavy atom. The van der Waals surface area contributed by atoms with Crippen LogP contribution in [0.2, 0.25) is 0 Å². The highest BCUT2D eigenvalue weighted by molar-refractivity contribution is 7.82. The molecule has 8 aliphatic carbocycles. The zero-order valence-corrected chi connectivity index (χ0v) is 34.4. The summed E-state index contributed by atoms with van der Waals surface area (Å²) < 4.78 is 72.6. The molecule has 54 heavy (non-hydrogen) atoms. The highest BCUT2D eigenvalue weighted by Crippen LogP contribution is 2.65. The summed E-state index contributed by atoms with van der Waals surface area (Å²) in [5, 5.41) is 0. The first-order valence-corrected chi connectivity index (χ1v) is 23.7. The van der Waals surface area contributed by atoms with Crippen molar-refractivity contribution in [2.24, 2.45) is 57.2 Å². The lowest BCUT2D eigenvalue weighted by Crippen LogP contribution is -2.50. The summed E-state index contributed by atoms with van der Waals surface area (Å²) in [5.41, 5.74) is 2.25. The molecular weight excluding hydrogens is 729 g/mol. The number of allylic oxidation sites excluding steroid dienone is 2. The van der Waals surface area contributed by atoms with E-state index in [1.54, 1.807) is 0 Å². The number of ketones is 2. The summed E-state index contributed by atoms with van der Waals surface area (Å²) in [5.74, 6) is 3.84. The Morgan fingerprint density at radius 1 is 0.556 bits per heavy atom. The molecule has 0 bridgehead atoms. The highest BCUT2D eigenvalue weighted by Gasteiger charge is 2.60. The van der Waals surface area contributed by atoms with E-state index in [-0.39, 0.29) is 47.7 Å². The van der Waals surface area contributed by atoms with Gasteiger partial charge in [-0.25, -0.2) is 16.7 Å². The van der Waals surface area contributed by atoms with Gasteiger partial charge >= 0.3 is 20.8 Å². The molecule has 0 aliphatic heterocycles. The zero-order valence-electron chi connectivity index (χ0n) is 32.8. The maximum atomic E-state index is 12.8. The second-order valence-corrected chi connectivity index (χ2v) is 21.9. The molecule has 0 spiro atoms. The van der Waals surface area contributed by atoms with Gasteiger partial charge in [-0.1, -0.05) is 51.0 Å². The van der Waals surface area contributed by atoms with Gasteiger partial charge in [0.05, 0.1) is 25.4 Å². The minimum Gasteiger partial charge on any atom is -0.299 e. The van der Waals surface area contributed by atoms with Gasteiger partial charge in [0.2, 0.25) is 0 Å². The predicted molar refractivity (Wildman–Crippen MR) is 202 cm³/mol. The Bertz CT molecular complexity index is 1670. The summed E-state index contributed by atoms with van der Waals surface area (Å²) >= 11 is 0. The van der Waals surface area contributed by atoms with Crippen molar-refractivity contribution in [3.05, 3.63) is 23.3 Å². The Labute approximate surface area is 323 Å². The van der Waals surface area contributed by atoms with Crippen LogP contribution in [0.3, 0.4) is 0 Å². The van der Waals surface area contributed by atoms with E-state index in [9.17, 15) is 26.4 Å². The van der Waals surface area contributed by atoms with E-state index in [0.717, 1.165) is 64.2 Å². The second kappa shape index (κ2) is 14.1. The van der Waals surface area contributed by atoms with Crippen molar-refractivity contribution in [3.8, 4) is 0 Å². The van der Waals surface area contributed by atoms with Gasteiger partial charge in [0, 0.05) is 23.7 Å². The first-order valence-electron chi connectivity index (χ1n) is 21.1. The van der Waals surface area contributed by atoms with Gasteiger partial charge < -0.3 is 0 Å². The molecule has 6 unspecified atom stereocenters. The van der Waals surface area contributed by atoms with Crippen LogP contribution in [0.15, 0.2) is 23.3 Å². The minimum atomic E-state index is -4.22. The normalized spacial score (nSPS) is 44.6. The molecule has 0 aromatic carbocycles. The number of carbonyl (C=O) groups is 2. The number of hydrogen-bond donors (Lipinski definition) is 0. The minimum absolute atomic E-state index is 0.00928. The largest absolute Gasteiger partial charge is 0.400 e. The van der Waals surface area contributed by atoms with Crippen LogP contribution in [0.1, 0.15) is 143 Å². The van der Waals surface area contributed by atoms with Crippen LogP contribution in [0.25, 0.3) is 0 Å². The van der Waals surface area contributed by atoms with Crippen LogP contribution in [0, 0.1) is 57.2 Å². The van der Waals surface area contributed by atoms with Gasteiger partial charge in [-0.3, -0.25) is 9.59 Å². The Morgan fingerprint density at radius 3 is 1.33 bits per heavy atom. The van der Waals surface area contributed by atoms with Crippen LogP contribution < -0.4 is 0 Å². The number of fused-ring (bicyclic) bond motifs is 10. The third-order valence-corrected chi connectivity index (χ3v) is 19.0. The number of rotatable bonds is 11. The summed E-state index contributed by atoms with van der Waals surface area (Å²) in [6.45, 7) is 8.78. The quantitative estimate of drug-likeness (QED) is 0.149. The molecule has 0 amide bonds. The van der Waals surface area contributed by atoms with Crippen LogP contribution >= 0.6 is 0 Å². The first kappa shape index (κ1) is 39.4. The van der Waals surface area contributed by atoms with Crippen molar-refractivity contribution in [3.63, 3.8) is 0 Å². The third-order valence-electron chi connectivity index (χ3n) is 17.0. The van der Waals surface area contributed by atoms with Gasteiger partial charge in [0.25, 0.3) is 0 Å². The molecule has 302 valence electrons. The van der Waals surface area contributed by atoms with E-state index in [1.807, 2.05) is 0 Å². The fourth-order valence-electron chi connectivity index (χ4n) is 13.9. The molecule has 0 aromatic heterocycles. The summed E-state index contributed by atoms with van der Waals surface area (Å²) in [6, 6.07) is 0. The molecule has 0 radical (unpaired) electrons. The molecule has 0 saturated heterocycles.